The van der Waals surface area contributed by atoms with Crippen LogP contribution in [0, 0.1) is 20.8 Å². The molecule has 0 radical (unpaired) electrons. The minimum absolute atomic E-state index is 0.0166. The first-order chi connectivity index (χ1) is 12.0. The second kappa shape index (κ2) is 7.87. The van der Waals surface area contributed by atoms with Gasteiger partial charge in [0, 0.05) is 20.1 Å². The summed E-state index contributed by atoms with van der Waals surface area (Å²) < 4.78 is 53.6. The average molecular weight is 397 g/mol. The van der Waals surface area contributed by atoms with Crippen LogP contribution in [-0.2, 0) is 20.0 Å². The van der Waals surface area contributed by atoms with Gasteiger partial charge in [0.2, 0.25) is 20.0 Å². The van der Waals surface area contributed by atoms with Crippen LogP contribution >= 0.6 is 0 Å². The minimum atomic E-state index is -3.70. The average Bonchev–Trinajstić information content (AvgIpc) is 2.57. The van der Waals surface area contributed by atoms with Gasteiger partial charge in [-0.25, -0.2) is 21.6 Å². The second-order valence-corrected chi connectivity index (χ2v) is 10.1. The van der Waals surface area contributed by atoms with E-state index in [2.05, 4.69) is 4.72 Å². The molecule has 0 atom stereocenters. The van der Waals surface area contributed by atoms with E-state index in [1.807, 2.05) is 19.9 Å². The molecule has 26 heavy (non-hydrogen) atoms. The fourth-order valence-electron chi connectivity index (χ4n) is 2.42. The first-order valence-electron chi connectivity index (χ1n) is 8.14. The Kier molecular flexibility index (Phi) is 6.23. The highest BCUT2D eigenvalue weighted by Gasteiger charge is 2.22. The van der Waals surface area contributed by atoms with E-state index in [-0.39, 0.29) is 22.9 Å². The Hall–Kier alpha value is -1.74. The van der Waals surface area contributed by atoms with Gasteiger partial charge in [-0.15, -0.1) is 0 Å². The summed E-state index contributed by atoms with van der Waals surface area (Å²) in [4.78, 5) is 0.393. The molecular weight excluding hydrogens is 372 g/mol. The standard InChI is InChI=1S/C18H24N2O4S2/c1-14-6-9-17(10-7-14)26(23,24)20(4)12-11-19-25(21,22)18-13-15(2)5-8-16(18)3/h5-10,13,19H,11-12H2,1-4H3. The number of benzene rings is 2. The maximum Gasteiger partial charge on any atom is 0.242 e. The smallest absolute Gasteiger partial charge is 0.210 e. The lowest BCUT2D eigenvalue weighted by molar-refractivity contribution is 0.469. The van der Waals surface area contributed by atoms with Crippen molar-refractivity contribution in [2.75, 3.05) is 20.1 Å². The van der Waals surface area contributed by atoms with Gasteiger partial charge < -0.3 is 0 Å². The number of aryl methyl sites for hydroxylation is 3. The van der Waals surface area contributed by atoms with E-state index in [1.54, 1.807) is 43.3 Å². The van der Waals surface area contributed by atoms with Crippen molar-refractivity contribution in [3.05, 3.63) is 59.2 Å². The molecule has 0 saturated heterocycles. The summed E-state index contributed by atoms with van der Waals surface area (Å²) in [7, 11) is -5.92. The topological polar surface area (TPSA) is 83.6 Å². The van der Waals surface area contributed by atoms with E-state index >= 15 is 0 Å². The fraction of sp³-hybridized carbons (Fsp3) is 0.333. The number of hydrogen-bond acceptors (Lipinski definition) is 4. The molecule has 142 valence electrons. The van der Waals surface area contributed by atoms with Crippen LogP contribution in [-0.4, -0.2) is 41.3 Å². The molecule has 0 spiro atoms. The zero-order valence-electron chi connectivity index (χ0n) is 15.4. The molecule has 1 N–H and O–H groups in total. The first-order valence-corrected chi connectivity index (χ1v) is 11.1. The van der Waals surface area contributed by atoms with Gasteiger partial charge in [0.25, 0.3) is 0 Å². The van der Waals surface area contributed by atoms with Gasteiger partial charge in [-0.05, 0) is 50.1 Å². The Balaban J connectivity index is 2.06. The molecule has 8 heteroatoms. The molecule has 6 nitrogen and oxygen atoms in total. The first kappa shape index (κ1) is 20.6. The maximum absolute atomic E-state index is 12.5. The fourth-order valence-corrected chi connectivity index (χ4v) is 4.94. The molecule has 0 amide bonds. The van der Waals surface area contributed by atoms with E-state index in [9.17, 15) is 16.8 Å². The molecule has 0 aliphatic carbocycles. The molecule has 0 heterocycles. The van der Waals surface area contributed by atoms with Crippen LogP contribution in [0.4, 0.5) is 0 Å². The number of rotatable bonds is 7. The van der Waals surface area contributed by atoms with Crippen LogP contribution in [0.3, 0.4) is 0 Å². The summed E-state index contributed by atoms with van der Waals surface area (Å²) >= 11 is 0. The van der Waals surface area contributed by atoms with E-state index in [0.29, 0.717) is 5.56 Å². The Labute approximate surface area is 156 Å². The van der Waals surface area contributed by atoms with Crippen molar-refractivity contribution in [1.82, 2.24) is 9.03 Å². The van der Waals surface area contributed by atoms with Crippen LogP contribution in [0.5, 0.6) is 0 Å². The van der Waals surface area contributed by atoms with Gasteiger partial charge in [-0.3, -0.25) is 0 Å². The second-order valence-electron chi connectivity index (χ2n) is 6.31. The van der Waals surface area contributed by atoms with Gasteiger partial charge in [-0.1, -0.05) is 29.8 Å². The Morgan fingerprint density at radius 2 is 1.46 bits per heavy atom. The Morgan fingerprint density at radius 3 is 2.08 bits per heavy atom. The molecule has 2 aromatic rings. The molecule has 2 rings (SSSR count). The summed E-state index contributed by atoms with van der Waals surface area (Å²) in [6.07, 6.45) is 0. The number of likely N-dealkylation sites (N-methyl/N-ethyl adjacent to an activating group) is 1. The zero-order chi connectivity index (χ0) is 19.5. The quantitative estimate of drug-likeness (QED) is 0.778. The Morgan fingerprint density at radius 1 is 0.885 bits per heavy atom. The molecular formula is C18H24N2O4S2. The number of nitrogens with one attached hydrogen (secondary N) is 1. The van der Waals surface area contributed by atoms with Crippen molar-refractivity contribution >= 4 is 20.0 Å². The monoisotopic (exact) mass is 396 g/mol. The van der Waals surface area contributed by atoms with E-state index in [1.165, 1.54) is 7.05 Å². The van der Waals surface area contributed by atoms with Crippen LogP contribution in [0.1, 0.15) is 16.7 Å². The SMILES string of the molecule is Cc1ccc(S(=O)(=O)N(C)CCNS(=O)(=O)c2cc(C)ccc2C)cc1. The summed E-state index contributed by atoms with van der Waals surface area (Å²) in [5.74, 6) is 0. The van der Waals surface area contributed by atoms with E-state index in [0.717, 1.165) is 15.4 Å². The van der Waals surface area contributed by atoms with Crippen LogP contribution in [0.25, 0.3) is 0 Å². The molecule has 2 aromatic carbocycles. The lowest BCUT2D eigenvalue weighted by Gasteiger charge is -2.18. The van der Waals surface area contributed by atoms with Crippen LogP contribution < -0.4 is 4.72 Å². The predicted octanol–water partition coefficient (Wildman–Crippen LogP) is 2.21. The molecule has 0 aliphatic rings. The normalized spacial score (nSPS) is 12.5. The van der Waals surface area contributed by atoms with Gasteiger partial charge in [0.15, 0.2) is 0 Å². The molecule has 0 saturated carbocycles. The van der Waals surface area contributed by atoms with Gasteiger partial charge in [-0.2, -0.15) is 4.31 Å². The van der Waals surface area contributed by atoms with Crippen molar-refractivity contribution in [2.45, 2.75) is 30.6 Å². The lowest BCUT2D eigenvalue weighted by atomic mass is 10.2. The highest BCUT2D eigenvalue weighted by Crippen LogP contribution is 2.17. The summed E-state index contributed by atoms with van der Waals surface area (Å²) in [6, 6.07) is 11.7. The highest BCUT2D eigenvalue weighted by atomic mass is 32.2. The zero-order valence-corrected chi connectivity index (χ0v) is 17.0. The third-order valence-electron chi connectivity index (χ3n) is 4.08. The van der Waals surface area contributed by atoms with Crippen molar-refractivity contribution < 1.29 is 16.8 Å². The minimum Gasteiger partial charge on any atom is -0.210 e. The molecule has 0 aromatic heterocycles. The van der Waals surface area contributed by atoms with Gasteiger partial charge in [0.05, 0.1) is 9.79 Å². The summed E-state index contributed by atoms with van der Waals surface area (Å²) in [5, 5.41) is 0. The molecule has 0 unspecified atom stereocenters. The van der Waals surface area contributed by atoms with Crippen molar-refractivity contribution in [3.63, 3.8) is 0 Å². The van der Waals surface area contributed by atoms with Crippen LogP contribution in [0.15, 0.2) is 52.3 Å². The van der Waals surface area contributed by atoms with E-state index in [4.69, 9.17) is 0 Å². The molecule has 0 fully saturated rings. The highest BCUT2D eigenvalue weighted by molar-refractivity contribution is 7.89. The molecule has 0 aliphatic heterocycles. The third-order valence-corrected chi connectivity index (χ3v) is 7.56. The molecule has 0 bridgehead atoms. The number of nitrogens with zero attached hydrogens (tertiary/aromatic N) is 1. The van der Waals surface area contributed by atoms with E-state index < -0.39 is 20.0 Å². The lowest BCUT2D eigenvalue weighted by Crippen LogP contribution is -2.36. The van der Waals surface area contributed by atoms with Crippen LogP contribution in [0.2, 0.25) is 0 Å². The summed E-state index contributed by atoms with van der Waals surface area (Å²) in [5.41, 5.74) is 2.45. The maximum atomic E-state index is 12.5. The van der Waals surface area contributed by atoms with Crippen molar-refractivity contribution in [1.29, 1.82) is 0 Å². The largest absolute Gasteiger partial charge is 0.242 e. The number of hydrogen-bond donors (Lipinski definition) is 1. The number of sulfonamides is 2. The predicted molar refractivity (Wildman–Crippen MR) is 102 cm³/mol. The Bertz CT molecular complexity index is 982. The van der Waals surface area contributed by atoms with Crippen molar-refractivity contribution in [2.24, 2.45) is 0 Å². The van der Waals surface area contributed by atoms with Gasteiger partial charge in [0.1, 0.15) is 0 Å². The summed E-state index contributed by atoms with van der Waals surface area (Å²) in [6.45, 7) is 5.43. The third kappa shape index (κ3) is 4.70. The van der Waals surface area contributed by atoms with Gasteiger partial charge >= 0.3 is 0 Å². The van der Waals surface area contributed by atoms with Crippen molar-refractivity contribution in [3.8, 4) is 0 Å².